The van der Waals surface area contributed by atoms with Gasteiger partial charge in [0.2, 0.25) is 5.91 Å². The second kappa shape index (κ2) is 12.3. The fourth-order valence-electron chi connectivity index (χ4n) is 3.35. The van der Waals surface area contributed by atoms with Gasteiger partial charge >= 0.3 is 0 Å². The van der Waals surface area contributed by atoms with Crippen molar-refractivity contribution in [3.8, 4) is 11.5 Å². The molecule has 0 fully saturated rings. The summed E-state index contributed by atoms with van der Waals surface area (Å²) in [6, 6.07) is 25.1. The van der Waals surface area contributed by atoms with Crippen LogP contribution in [0.3, 0.4) is 0 Å². The van der Waals surface area contributed by atoms with Crippen LogP contribution in [0.25, 0.3) is 0 Å². The highest BCUT2D eigenvalue weighted by molar-refractivity contribution is 6.01. The molecule has 0 saturated heterocycles. The number of hydrogen-bond donors (Lipinski definition) is 3. The number of anilines is 1. The number of amides is 2. The first-order valence-corrected chi connectivity index (χ1v) is 11.6. The fraction of sp³-hybridized carbons (Fsp3) is 0.179. The van der Waals surface area contributed by atoms with Gasteiger partial charge in [-0.25, -0.2) is 0 Å². The van der Waals surface area contributed by atoms with E-state index in [1.54, 1.807) is 30.5 Å². The molecule has 0 aromatic heterocycles. The van der Waals surface area contributed by atoms with Gasteiger partial charge in [-0.2, -0.15) is 0 Å². The number of benzene rings is 3. The molecule has 0 saturated carbocycles. The highest BCUT2D eigenvalue weighted by atomic mass is 16.5. The Balaban J connectivity index is 1.39. The summed E-state index contributed by atoms with van der Waals surface area (Å²) in [4.78, 5) is 30.0. The van der Waals surface area contributed by atoms with Crippen LogP contribution in [0.1, 0.15) is 12.5 Å². The van der Waals surface area contributed by atoms with Crippen LogP contribution in [-0.4, -0.2) is 36.7 Å². The largest absolute Gasteiger partial charge is 0.457 e. The highest BCUT2D eigenvalue weighted by Crippen LogP contribution is 2.22. The lowest BCUT2D eigenvalue weighted by Gasteiger charge is -2.20. The molecule has 1 heterocycles. The number of para-hydroxylation sites is 1. The van der Waals surface area contributed by atoms with Crippen LogP contribution in [0.2, 0.25) is 0 Å². The van der Waals surface area contributed by atoms with Crippen molar-refractivity contribution in [1.29, 1.82) is 0 Å². The molecule has 0 spiro atoms. The standard InChI is InChI=1S/C28H28N4O4/c1-20-16-30-25(17-29-20)27(33)32-26(19-35-18-21-8-4-2-5-9-21)28(34)31-22-12-14-24(15-13-22)36-23-10-6-3-7-11-23/h2-17,20,26,29H,18-19H2,1H3,(H,31,34)(H,32,33). The summed E-state index contributed by atoms with van der Waals surface area (Å²) in [6.07, 6.45) is 3.17. The Bertz CT molecular complexity index is 1210. The summed E-state index contributed by atoms with van der Waals surface area (Å²) in [7, 11) is 0. The number of ether oxygens (including phenoxy) is 2. The lowest BCUT2D eigenvalue weighted by molar-refractivity contribution is -0.126. The second-order valence-corrected chi connectivity index (χ2v) is 8.22. The molecule has 1 aliphatic rings. The predicted octanol–water partition coefficient (Wildman–Crippen LogP) is 4.02. The van der Waals surface area contributed by atoms with Gasteiger partial charge < -0.3 is 25.4 Å². The zero-order valence-electron chi connectivity index (χ0n) is 19.9. The van der Waals surface area contributed by atoms with Gasteiger partial charge in [-0.05, 0) is 48.9 Å². The molecule has 8 nitrogen and oxygen atoms in total. The fourth-order valence-corrected chi connectivity index (χ4v) is 3.35. The Morgan fingerprint density at radius 3 is 2.28 bits per heavy atom. The van der Waals surface area contributed by atoms with Gasteiger partial charge in [0, 0.05) is 18.1 Å². The van der Waals surface area contributed by atoms with Crippen molar-refractivity contribution in [3.05, 3.63) is 102 Å². The molecule has 4 rings (SSSR count). The van der Waals surface area contributed by atoms with E-state index in [0.717, 1.165) is 11.3 Å². The number of carbonyl (C=O) groups excluding carboxylic acids is 2. The lowest BCUT2D eigenvalue weighted by Crippen LogP contribution is -2.47. The third kappa shape index (κ3) is 7.28. The zero-order valence-corrected chi connectivity index (χ0v) is 19.9. The van der Waals surface area contributed by atoms with E-state index in [9.17, 15) is 9.59 Å². The molecular weight excluding hydrogens is 456 g/mol. The monoisotopic (exact) mass is 484 g/mol. The van der Waals surface area contributed by atoms with E-state index >= 15 is 0 Å². The van der Waals surface area contributed by atoms with Gasteiger partial charge in [-0.15, -0.1) is 0 Å². The lowest BCUT2D eigenvalue weighted by atomic mass is 10.2. The van der Waals surface area contributed by atoms with Crippen LogP contribution in [0, 0.1) is 0 Å². The molecule has 8 heteroatoms. The first kappa shape index (κ1) is 24.7. The summed E-state index contributed by atoms with van der Waals surface area (Å²) in [6.45, 7) is 2.22. The minimum atomic E-state index is -0.933. The SMILES string of the molecule is CC1C=NC(C(=O)NC(COCc2ccccc2)C(=O)Nc2ccc(Oc3ccccc3)cc2)=CN1. The molecule has 1 aliphatic heterocycles. The van der Waals surface area contributed by atoms with E-state index in [0.29, 0.717) is 18.0 Å². The van der Waals surface area contributed by atoms with Gasteiger partial charge in [-0.1, -0.05) is 48.5 Å². The molecule has 2 unspecified atom stereocenters. The summed E-state index contributed by atoms with van der Waals surface area (Å²) < 4.78 is 11.6. The number of hydrogen-bond acceptors (Lipinski definition) is 6. The van der Waals surface area contributed by atoms with Crippen LogP contribution in [-0.2, 0) is 20.9 Å². The van der Waals surface area contributed by atoms with Crippen LogP contribution in [0.15, 0.2) is 102 Å². The zero-order chi connectivity index (χ0) is 25.2. The van der Waals surface area contributed by atoms with Crippen LogP contribution >= 0.6 is 0 Å². The molecule has 2 amide bonds. The smallest absolute Gasteiger partial charge is 0.272 e. The van der Waals surface area contributed by atoms with Crippen molar-refractivity contribution < 1.29 is 19.1 Å². The van der Waals surface area contributed by atoms with Gasteiger partial charge in [0.25, 0.3) is 5.91 Å². The third-order valence-electron chi connectivity index (χ3n) is 5.27. The Morgan fingerprint density at radius 1 is 0.944 bits per heavy atom. The first-order chi connectivity index (χ1) is 17.6. The Labute approximate surface area is 210 Å². The molecule has 3 aromatic carbocycles. The maximum Gasteiger partial charge on any atom is 0.272 e. The topological polar surface area (TPSA) is 101 Å². The Morgan fingerprint density at radius 2 is 1.61 bits per heavy atom. The summed E-state index contributed by atoms with van der Waals surface area (Å²) in [5, 5.41) is 8.59. The van der Waals surface area contributed by atoms with Gasteiger partial charge in [0.05, 0.1) is 19.3 Å². The van der Waals surface area contributed by atoms with E-state index in [1.807, 2.05) is 67.6 Å². The molecule has 0 bridgehead atoms. The summed E-state index contributed by atoms with van der Waals surface area (Å²) >= 11 is 0. The molecule has 184 valence electrons. The normalized spacial score (nSPS) is 15.2. The van der Waals surface area contributed by atoms with Gasteiger partial charge in [0.15, 0.2) is 0 Å². The van der Waals surface area contributed by atoms with E-state index < -0.39 is 17.9 Å². The van der Waals surface area contributed by atoms with Crippen molar-refractivity contribution in [3.63, 3.8) is 0 Å². The Kier molecular flexibility index (Phi) is 8.45. The minimum absolute atomic E-state index is 0.0114. The predicted molar refractivity (Wildman–Crippen MR) is 139 cm³/mol. The van der Waals surface area contributed by atoms with Crippen molar-refractivity contribution in [1.82, 2.24) is 10.6 Å². The quantitative estimate of drug-likeness (QED) is 0.404. The number of rotatable bonds is 10. The minimum Gasteiger partial charge on any atom is -0.457 e. The van der Waals surface area contributed by atoms with E-state index in [2.05, 4.69) is 20.9 Å². The molecule has 2 atom stereocenters. The molecule has 36 heavy (non-hydrogen) atoms. The summed E-state index contributed by atoms with van der Waals surface area (Å²) in [5.41, 5.74) is 1.72. The molecular formula is C28H28N4O4. The van der Waals surface area contributed by atoms with Crippen molar-refractivity contribution >= 4 is 23.7 Å². The van der Waals surface area contributed by atoms with Crippen molar-refractivity contribution in [2.75, 3.05) is 11.9 Å². The van der Waals surface area contributed by atoms with Gasteiger partial charge in [-0.3, -0.25) is 14.6 Å². The van der Waals surface area contributed by atoms with E-state index in [1.165, 1.54) is 6.20 Å². The average molecular weight is 485 g/mol. The molecule has 0 radical (unpaired) electrons. The van der Waals surface area contributed by atoms with Gasteiger partial charge in [0.1, 0.15) is 23.2 Å². The number of nitrogens with one attached hydrogen (secondary N) is 3. The maximum atomic E-state index is 13.1. The van der Waals surface area contributed by atoms with Crippen LogP contribution < -0.4 is 20.7 Å². The van der Waals surface area contributed by atoms with Crippen LogP contribution in [0.5, 0.6) is 11.5 Å². The van der Waals surface area contributed by atoms with Crippen molar-refractivity contribution in [2.45, 2.75) is 25.6 Å². The maximum absolute atomic E-state index is 13.1. The van der Waals surface area contributed by atoms with E-state index in [-0.39, 0.29) is 18.3 Å². The van der Waals surface area contributed by atoms with E-state index in [4.69, 9.17) is 9.47 Å². The molecule has 3 aromatic rings. The second-order valence-electron chi connectivity index (χ2n) is 8.22. The number of carbonyl (C=O) groups is 2. The summed E-state index contributed by atoms with van der Waals surface area (Å²) in [5.74, 6) is 0.478. The Hall–Kier alpha value is -4.43. The average Bonchev–Trinajstić information content (AvgIpc) is 2.91. The number of nitrogens with zero attached hydrogens (tertiary/aromatic N) is 1. The molecule has 3 N–H and O–H groups in total. The van der Waals surface area contributed by atoms with Crippen molar-refractivity contribution in [2.24, 2.45) is 4.99 Å². The first-order valence-electron chi connectivity index (χ1n) is 11.6. The third-order valence-corrected chi connectivity index (χ3v) is 5.27. The molecule has 0 aliphatic carbocycles. The number of aliphatic imine (C=N–C) groups is 1. The van der Waals surface area contributed by atoms with Crippen LogP contribution in [0.4, 0.5) is 5.69 Å². The highest BCUT2D eigenvalue weighted by Gasteiger charge is 2.24.